The van der Waals surface area contributed by atoms with E-state index >= 15 is 0 Å². The SMILES string of the molecule is CCCNC(=O)[C@@H]1[C@H]2C(=O)N([C@H](CO)c3ccccc3)C(C(=O)NC(C)(C)C)C23CC[C@H]1O3. The van der Waals surface area contributed by atoms with Gasteiger partial charge in [-0.15, -0.1) is 0 Å². The van der Waals surface area contributed by atoms with Gasteiger partial charge in [-0.25, -0.2) is 0 Å². The minimum Gasteiger partial charge on any atom is -0.394 e. The number of hydrogen-bond acceptors (Lipinski definition) is 5. The quantitative estimate of drug-likeness (QED) is 0.576. The Kier molecular flexibility index (Phi) is 6.26. The van der Waals surface area contributed by atoms with Gasteiger partial charge < -0.3 is 25.4 Å². The van der Waals surface area contributed by atoms with Crippen LogP contribution in [0.5, 0.6) is 0 Å². The summed E-state index contributed by atoms with van der Waals surface area (Å²) in [6.07, 6.45) is 1.55. The number of fused-ring (bicyclic) bond motifs is 1. The van der Waals surface area contributed by atoms with Gasteiger partial charge in [-0.3, -0.25) is 14.4 Å². The summed E-state index contributed by atoms with van der Waals surface area (Å²) in [4.78, 5) is 42.2. The van der Waals surface area contributed by atoms with Crippen LogP contribution in [0.2, 0.25) is 0 Å². The summed E-state index contributed by atoms with van der Waals surface area (Å²) < 4.78 is 6.41. The maximum Gasteiger partial charge on any atom is 0.246 e. The van der Waals surface area contributed by atoms with Crippen LogP contribution in [0.4, 0.5) is 0 Å². The maximum absolute atomic E-state index is 14.0. The van der Waals surface area contributed by atoms with Gasteiger partial charge in [-0.2, -0.15) is 0 Å². The number of aliphatic hydroxyl groups excluding tert-OH is 1. The summed E-state index contributed by atoms with van der Waals surface area (Å²) in [5.74, 6) is -2.20. The van der Waals surface area contributed by atoms with E-state index in [2.05, 4.69) is 10.6 Å². The van der Waals surface area contributed by atoms with Gasteiger partial charge in [0.05, 0.1) is 30.6 Å². The number of carbonyl (C=O) groups is 3. The molecule has 3 amide bonds. The van der Waals surface area contributed by atoms with Crippen molar-refractivity contribution < 1.29 is 24.2 Å². The Morgan fingerprint density at radius 1 is 1.24 bits per heavy atom. The number of benzene rings is 1. The smallest absolute Gasteiger partial charge is 0.246 e. The van der Waals surface area contributed by atoms with E-state index in [4.69, 9.17) is 4.74 Å². The summed E-state index contributed by atoms with van der Waals surface area (Å²) in [5.41, 5.74) is -0.857. The molecule has 2 bridgehead atoms. The molecule has 1 spiro atoms. The van der Waals surface area contributed by atoms with Gasteiger partial charge >= 0.3 is 0 Å². The van der Waals surface area contributed by atoms with Crippen molar-refractivity contribution in [2.75, 3.05) is 13.2 Å². The average Bonchev–Trinajstić information content (AvgIpc) is 3.40. The van der Waals surface area contributed by atoms with E-state index in [1.165, 1.54) is 4.90 Å². The first-order valence-corrected chi connectivity index (χ1v) is 11.9. The van der Waals surface area contributed by atoms with Crippen LogP contribution in [0.3, 0.4) is 0 Å². The van der Waals surface area contributed by atoms with Gasteiger partial charge in [0.15, 0.2) is 0 Å². The Hall–Kier alpha value is -2.45. The number of aliphatic hydroxyl groups is 1. The first-order valence-electron chi connectivity index (χ1n) is 11.9. The van der Waals surface area contributed by atoms with Crippen molar-refractivity contribution in [1.82, 2.24) is 15.5 Å². The number of ether oxygens (including phenoxy) is 1. The van der Waals surface area contributed by atoms with Gasteiger partial charge in [0.25, 0.3) is 0 Å². The highest BCUT2D eigenvalue weighted by molar-refractivity contribution is 5.99. The molecule has 33 heavy (non-hydrogen) atoms. The predicted octanol–water partition coefficient (Wildman–Crippen LogP) is 1.54. The zero-order chi connectivity index (χ0) is 24.0. The van der Waals surface area contributed by atoms with E-state index in [0.29, 0.717) is 19.4 Å². The van der Waals surface area contributed by atoms with Crippen molar-refractivity contribution in [2.24, 2.45) is 11.8 Å². The van der Waals surface area contributed by atoms with Gasteiger partial charge in [0, 0.05) is 12.1 Å². The number of carbonyl (C=O) groups excluding carboxylic acids is 3. The fraction of sp³-hybridized carbons (Fsp3) is 0.640. The molecular formula is C25H35N3O5. The van der Waals surface area contributed by atoms with Gasteiger partial charge in [0.2, 0.25) is 17.7 Å². The Morgan fingerprint density at radius 2 is 1.94 bits per heavy atom. The molecule has 3 saturated heterocycles. The molecule has 3 aliphatic heterocycles. The minimum absolute atomic E-state index is 0.195. The second-order valence-corrected chi connectivity index (χ2v) is 10.4. The number of nitrogens with one attached hydrogen (secondary N) is 2. The Balaban J connectivity index is 1.78. The standard InChI is InChI=1S/C25H35N3O5/c1-5-13-26-21(30)18-17-11-12-25(33-17)19(18)23(32)28(20(25)22(31)27-24(2,3)4)16(14-29)15-9-7-6-8-10-15/h6-10,16-20,29H,5,11-14H2,1-4H3,(H,26,30)(H,27,31)/t16-,17-,18+,19+,20?,25?/m1/s1. The van der Waals surface area contributed by atoms with Crippen LogP contribution in [0.1, 0.15) is 58.6 Å². The van der Waals surface area contributed by atoms with Gasteiger partial charge in [-0.1, -0.05) is 37.3 Å². The van der Waals surface area contributed by atoms with Crippen molar-refractivity contribution in [2.45, 2.75) is 76.3 Å². The number of amides is 3. The number of rotatable bonds is 7. The monoisotopic (exact) mass is 457 g/mol. The zero-order valence-electron chi connectivity index (χ0n) is 19.8. The predicted molar refractivity (Wildman–Crippen MR) is 122 cm³/mol. The first kappa shape index (κ1) is 23.7. The van der Waals surface area contributed by atoms with E-state index in [0.717, 1.165) is 12.0 Å². The van der Waals surface area contributed by atoms with Crippen LogP contribution in [-0.4, -0.2) is 64.2 Å². The summed E-state index contributed by atoms with van der Waals surface area (Å²) in [7, 11) is 0. The molecule has 2 unspecified atom stereocenters. The lowest BCUT2D eigenvalue weighted by molar-refractivity contribution is -0.146. The second-order valence-electron chi connectivity index (χ2n) is 10.4. The van der Waals surface area contributed by atoms with Crippen LogP contribution >= 0.6 is 0 Å². The molecule has 3 heterocycles. The molecule has 4 rings (SSSR count). The van der Waals surface area contributed by atoms with Crippen molar-refractivity contribution in [3.05, 3.63) is 35.9 Å². The lowest BCUT2D eigenvalue weighted by Gasteiger charge is -2.38. The van der Waals surface area contributed by atoms with Crippen molar-refractivity contribution in [3.8, 4) is 0 Å². The zero-order valence-corrected chi connectivity index (χ0v) is 19.8. The topological polar surface area (TPSA) is 108 Å². The molecule has 3 fully saturated rings. The fourth-order valence-corrected chi connectivity index (χ4v) is 5.86. The Morgan fingerprint density at radius 3 is 2.55 bits per heavy atom. The van der Waals surface area contributed by atoms with Crippen LogP contribution in [0.25, 0.3) is 0 Å². The molecule has 0 radical (unpaired) electrons. The Bertz CT molecular complexity index is 914. The molecule has 0 aliphatic carbocycles. The molecule has 1 aromatic carbocycles. The van der Waals surface area contributed by atoms with Crippen LogP contribution in [0, 0.1) is 11.8 Å². The third-order valence-electron chi connectivity index (χ3n) is 7.03. The molecule has 1 aromatic rings. The molecule has 8 heteroatoms. The second kappa shape index (κ2) is 8.72. The highest BCUT2D eigenvalue weighted by atomic mass is 16.5. The molecule has 3 aliphatic rings. The van der Waals surface area contributed by atoms with Crippen molar-refractivity contribution >= 4 is 17.7 Å². The third kappa shape index (κ3) is 3.93. The molecule has 8 nitrogen and oxygen atoms in total. The van der Waals surface area contributed by atoms with Crippen LogP contribution < -0.4 is 10.6 Å². The van der Waals surface area contributed by atoms with Crippen molar-refractivity contribution in [1.29, 1.82) is 0 Å². The summed E-state index contributed by atoms with van der Waals surface area (Å²) in [5, 5.41) is 16.3. The molecule has 0 saturated carbocycles. The molecule has 0 aromatic heterocycles. The van der Waals surface area contributed by atoms with E-state index < -0.39 is 35.1 Å². The molecule has 6 atom stereocenters. The summed E-state index contributed by atoms with van der Waals surface area (Å²) >= 11 is 0. The summed E-state index contributed by atoms with van der Waals surface area (Å²) in [6.45, 7) is 7.81. The lowest BCUT2D eigenvalue weighted by atomic mass is 9.70. The number of nitrogens with zero attached hydrogens (tertiary/aromatic N) is 1. The van der Waals surface area contributed by atoms with Gasteiger partial charge in [0.1, 0.15) is 11.6 Å². The number of hydrogen-bond donors (Lipinski definition) is 3. The molecule has 180 valence electrons. The largest absolute Gasteiger partial charge is 0.394 e. The highest BCUT2D eigenvalue weighted by Crippen LogP contribution is 2.59. The van der Waals surface area contributed by atoms with E-state index in [1.807, 2.05) is 58.0 Å². The number of likely N-dealkylation sites (tertiary alicyclic amines) is 1. The third-order valence-corrected chi connectivity index (χ3v) is 7.03. The lowest BCUT2D eigenvalue weighted by Crippen LogP contribution is -2.59. The van der Waals surface area contributed by atoms with Crippen molar-refractivity contribution in [3.63, 3.8) is 0 Å². The first-order chi connectivity index (χ1) is 15.6. The highest BCUT2D eigenvalue weighted by Gasteiger charge is 2.75. The maximum atomic E-state index is 14.0. The van der Waals surface area contributed by atoms with Crippen LogP contribution in [-0.2, 0) is 19.1 Å². The Labute approximate surface area is 195 Å². The molecule has 3 N–H and O–H groups in total. The fourth-order valence-electron chi connectivity index (χ4n) is 5.86. The van der Waals surface area contributed by atoms with E-state index in [1.54, 1.807) is 0 Å². The van der Waals surface area contributed by atoms with E-state index in [9.17, 15) is 19.5 Å². The van der Waals surface area contributed by atoms with Gasteiger partial charge in [-0.05, 0) is 45.6 Å². The molecular weight excluding hydrogens is 422 g/mol. The normalized spacial score (nSPS) is 31.4. The van der Waals surface area contributed by atoms with Crippen LogP contribution in [0.15, 0.2) is 30.3 Å². The minimum atomic E-state index is -1.08. The summed E-state index contributed by atoms with van der Waals surface area (Å²) in [6, 6.07) is 7.57. The van der Waals surface area contributed by atoms with E-state index in [-0.39, 0.29) is 30.4 Å². The average molecular weight is 458 g/mol.